The molecule has 0 bridgehead atoms. The van der Waals surface area contributed by atoms with Crippen molar-refractivity contribution in [1.82, 2.24) is 4.90 Å². The molecule has 0 aromatic heterocycles. The second-order valence-corrected chi connectivity index (χ2v) is 6.49. The molecule has 0 heterocycles. The molecule has 1 aromatic carbocycles. The van der Waals surface area contributed by atoms with Gasteiger partial charge in [0.1, 0.15) is 5.75 Å². The van der Waals surface area contributed by atoms with Crippen LogP contribution in [-0.4, -0.2) is 35.7 Å². The molecule has 0 spiro atoms. The monoisotopic (exact) mass is 275 g/mol. The summed E-state index contributed by atoms with van der Waals surface area (Å²) in [4.78, 5) is 2.21. The van der Waals surface area contributed by atoms with E-state index in [1.165, 1.54) is 25.7 Å². The van der Waals surface area contributed by atoms with E-state index in [-0.39, 0.29) is 5.54 Å². The molecule has 2 aliphatic rings. The Labute approximate surface area is 121 Å². The highest BCUT2D eigenvalue weighted by molar-refractivity contribution is 5.31. The van der Waals surface area contributed by atoms with Crippen LogP contribution in [-0.2, 0) is 0 Å². The maximum Gasteiger partial charge on any atom is 0.119 e. The second kappa shape index (κ2) is 5.38. The molecule has 1 aromatic rings. The third-order valence-electron chi connectivity index (χ3n) is 4.89. The Morgan fingerprint density at radius 3 is 2.25 bits per heavy atom. The number of ether oxygens (including phenoxy) is 1. The van der Waals surface area contributed by atoms with Crippen LogP contribution in [0, 0.1) is 0 Å². The summed E-state index contributed by atoms with van der Waals surface area (Å²) in [6, 6.07) is 8.03. The van der Waals surface area contributed by atoms with Crippen molar-refractivity contribution in [1.29, 1.82) is 0 Å². The van der Waals surface area contributed by atoms with Crippen molar-refractivity contribution >= 4 is 0 Å². The average molecular weight is 275 g/mol. The highest BCUT2D eigenvalue weighted by atomic mass is 16.5. The summed E-state index contributed by atoms with van der Waals surface area (Å²) in [5.74, 6) is 0.925. The minimum absolute atomic E-state index is 0.0983. The first-order valence-corrected chi connectivity index (χ1v) is 7.74. The van der Waals surface area contributed by atoms with Crippen molar-refractivity contribution in [3.05, 3.63) is 29.8 Å². The third-order valence-corrected chi connectivity index (χ3v) is 4.89. The molecule has 1 N–H and O–H groups in total. The van der Waals surface area contributed by atoms with Crippen LogP contribution in [0.15, 0.2) is 24.3 Å². The smallest absolute Gasteiger partial charge is 0.119 e. The predicted octanol–water partition coefficient (Wildman–Crippen LogP) is 3.14. The van der Waals surface area contributed by atoms with Gasteiger partial charge < -0.3 is 14.7 Å². The minimum atomic E-state index is -0.421. The van der Waals surface area contributed by atoms with Crippen molar-refractivity contribution in [2.75, 3.05) is 14.1 Å². The van der Waals surface area contributed by atoms with Gasteiger partial charge in [-0.05, 0) is 57.5 Å². The molecule has 110 valence electrons. The van der Waals surface area contributed by atoms with Crippen molar-refractivity contribution in [2.24, 2.45) is 0 Å². The van der Waals surface area contributed by atoms with Gasteiger partial charge in [-0.1, -0.05) is 25.0 Å². The van der Waals surface area contributed by atoms with Gasteiger partial charge in [0.25, 0.3) is 0 Å². The van der Waals surface area contributed by atoms with Crippen LogP contribution in [0.4, 0.5) is 0 Å². The van der Waals surface area contributed by atoms with E-state index in [4.69, 9.17) is 4.74 Å². The third kappa shape index (κ3) is 2.57. The van der Waals surface area contributed by atoms with Crippen LogP contribution in [0.5, 0.6) is 5.75 Å². The Balaban J connectivity index is 1.76. The van der Waals surface area contributed by atoms with Crippen molar-refractivity contribution in [2.45, 2.75) is 56.3 Å². The van der Waals surface area contributed by atoms with E-state index >= 15 is 0 Å². The van der Waals surface area contributed by atoms with E-state index in [9.17, 15) is 5.11 Å². The standard InChI is InChI=1S/C17H25NO2/c1-18(2)17(11-3-4-12-17)16(19)13-5-7-14(8-6-13)20-15-9-10-15/h5-8,15-16,19H,3-4,9-12H2,1-2H3. The largest absolute Gasteiger partial charge is 0.490 e. The zero-order valence-corrected chi connectivity index (χ0v) is 12.5. The van der Waals surface area contributed by atoms with Gasteiger partial charge in [0, 0.05) is 0 Å². The number of aliphatic hydroxyl groups excluding tert-OH is 1. The highest BCUT2D eigenvalue weighted by Crippen LogP contribution is 2.43. The molecule has 3 nitrogen and oxygen atoms in total. The van der Waals surface area contributed by atoms with Gasteiger partial charge >= 0.3 is 0 Å². The number of likely N-dealkylation sites (N-methyl/N-ethyl adjacent to an activating group) is 1. The fraction of sp³-hybridized carbons (Fsp3) is 0.647. The van der Waals surface area contributed by atoms with Gasteiger partial charge in [0.15, 0.2) is 0 Å². The molecule has 1 unspecified atom stereocenters. The van der Waals surface area contributed by atoms with Crippen molar-refractivity contribution in [3.63, 3.8) is 0 Å². The van der Waals surface area contributed by atoms with E-state index in [1.54, 1.807) is 0 Å². The lowest BCUT2D eigenvalue weighted by Gasteiger charge is -2.40. The number of hydrogen-bond acceptors (Lipinski definition) is 3. The van der Waals surface area contributed by atoms with Crippen LogP contribution in [0.2, 0.25) is 0 Å². The number of benzene rings is 1. The Morgan fingerprint density at radius 1 is 1.15 bits per heavy atom. The van der Waals surface area contributed by atoms with Crippen LogP contribution in [0.25, 0.3) is 0 Å². The summed E-state index contributed by atoms with van der Waals surface area (Å²) >= 11 is 0. The summed E-state index contributed by atoms with van der Waals surface area (Å²) < 4.78 is 5.77. The van der Waals surface area contributed by atoms with Gasteiger partial charge in [0.05, 0.1) is 17.7 Å². The second-order valence-electron chi connectivity index (χ2n) is 6.49. The lowest BCUT2D eigenvalue weighted by Crippen LogP contribution is -2.46. The molecule has 3 heteroatoms. The Hall–Kier alpha value is -1.06. The first kappa shape index (κ1) is 13.9. The quantitative estimate of drug-likeness (QED) is 0.896. The Bertz CT molecular complexity index is 445. The molecule has 0 amide bonds. The van der Waals surface area contributed by atoms with Crippen LogP contribution < -0.4 is 4.74 Å². The maximum atomic E-state index is 10.8. The number of nitrogens with zero attached hydrogens (tertiary/aromatic N) is 1. The number of hydrogen-bond donors (Lipinski definition) is 1. The molecule has 20 heavy (non-hydrogen) atoms. The van der Waals surface area contributed by atoms with E-state index in [2.05, 4.69) is 19.0 Å². The molecule has 2 aliphatic carbocycles. The van der Waals surface area contributed by atoms with Gasteiger partial charge in [-0.25, -0.2) is 0 Å². The lowest BCUT2D eigenvalue weighted by molar-refractivity contribution is -0.00477. The predicted molar refractivity (Wildman–Crippen MR) is 79.9 cm³/mol. The molecule has 0 aliphatic heterocycles. The minimum Gasteiger partial charge on any atom is -0.490 e. The van der Waals surface area contributed by atoms with E-state index in [0.717, 1.165) is 24.2 Å². The molecule has 0 radical (unpaired) electrons. The van der Waals surface area contributed by atoms with Gasteiger partial charge in [-0.3, -0.25) is 0 Å². The van der Waals surface area contributed by atoms with E-state index < -0.39 is 6.10 Å². The topological polar surface area (TPSA) is 32.7 Å². The molecule has 1 atom stereocenters. The van der Waals surface area contributed by atoms with Crippen molar-refractivity contribution < 1.29 is 9.84 Å². The van der Waals surface area contributed by atoms with E-state index in [1.807, 2.05) is 24.3 Å². The molecule has 3 rings (SSSR count). The summed E-state index contributed by atoms with van der Waals surface area (Å²) in [6.45, 7) is 0. The summed E-state index contributed by atoms with van der Waals surface area (Å²) in [5, 5.41) is 10.8. The number of aliphatic hydroxyl groups is 1. The van der Waals surface area contributed by atoms with Crippen LogP contribution >= 0.6 is 0 Å². The highest BCUT2D eigenvalue weighted by Gasteiger charge is 2.43. The zero-order chi connectivity index (χ0) is 14.2. The zero-order valence-electron chi connectivity index (χ0n) is 12.5. The SMILES string of the molecule is CN(C)C1(C(O)c2ccc(OC3CC3)cc2)CCCC1. The first-order valence-electron chi connectivity index (χ1n) is 7.74. The molecular weight excluding hydrogens is 250 g/mol. The summed E-state index contributed by atoms with van der Waals surface area (Å²) in [7, 11) is 4.16. The molecule has 2 fully saturated rings. The average Bonchev–Trinajstić information content (AvgIpc) is 3.11. The summed E-state index contributed by atoms with van der Waals surface area (Å²) in [5.41, 5.74) is 0.905. The van der Waals surface area contributed by atoms with Crippen LogP contribution in [0.3, 0.4) is 0 Å². The fourth-order valence-electron chi connectivity index (χ4n) is 3.37. The van der Waals surface area contributed by atoms with Gasteiger partial charge in [-0.2, -0.15) is 0 Å². The Kier molecular flexibility index (Phi) is 3.74. The number of rotatable bonds is 5. The van der Waals surface area contributed by atoms with Gasteiger partial charge in [0.2, 0.25) is 0 Å². The van der Waals surface area contributed by atoms with Crippen molar-refractivity contribution in [3.8, 4) is 5.75 Å². The first-order chi connectivity index (χ1) is 9.62. The maximum absolute atomic E-state index is 10.8. The molecule has 2 saturated carbocycles. The van der Waals surface area contributed by atoms with Gasteiger partial charge in [-0.15, -0.1) is 0 Å². The Morgan fingerprint density at radius 2 is 1.75 bits per heavy atom. The lowest BCUT2D eigenvalue weighted by atomic mass is 9.85. The molecule has 0 saturated heterocycles. The summed E-state index contributed by atoms with van der Waals surface area (Å²) in [6.07, 6.45) is 6.91. The fourth-order valence-corrected chi connectivity index (χ4v) is 3.37. The van der Waals surface area contributed by atoms with Crippen LogP contribution in [0.1, 0.15) is 50.2 Å². The van der Waals surface area contributed by atoms with E-state index in [0.29, 0.717) is 6.10 Å². The normalized spacial score (nSPS) is 23.0. The molecular formula is C17H25NO2.